The first-order valence-electron chi connectivity index (χ1n) is 8.17. The Balaban J connectivity index is 1.89. The largest absolute Gasteiger partial charge is 0.497 e. The Morgan fingerprint density at radius 1 is 1.19 bits per heavy atom. The number of nitro groups is 1. The van der Waals surface area contributed by atoms with Crippen LogP contribution in [0, 0.1) is 10.1 Å². The highest BCUT2D eigenvalue weighted by molar-refractivity contribution is 7.90. The molecule has 1 saturated heterocycles. The quantitative estimate of drug-likeness (QED) is 0.589. The van der Waals surface area contributed by atoms with Gasteiger partial charge in [0.25, 0.3) is 5.69 Å². The Kier molecular flexibility index (Phi) is 4.86. The van der Waals surface area contributed by atoms with Crippen LogP contribution in [0.1, 0.15) is 17.9 Å². The van der Waals surface area contributed by atoms with E-state index in [4.69, 9.17) is 4.74 Å². The molecule has 0 aliphatic carbocycles. The minimum Gasteiger partial charge on any atom is -0.497 e. The lowest BCUT2D eigenvalue weighted by atomic mass is 9.98. The van der Waals surface area contributed by atoms with E-state index in [9.17, 15) is 18.5 Å². The fourth-order valence-electron chi connectivity index (χ4n) is 3.30. The molecule has 8 heteroatoms. The Morgan fingerprint density at radius 3 is 2.46 bits per heavy atom. The van der Waals surface area contributed by atoms with E-state index >= 15 is 0 Å². The van der Waals surface area contributed by atoms with Crippen molar-refractivity contribution in [3.05, 3.63) is 58.1 Å². The van der Waals surface area contributed by atoms with Crippen LogP contribution in [0.15, 0.2) is 47.4 Å². The summed E-state index contributed by atoms with van der Waals surface area (Å²) in [4.78, 5) is 12.4. The maximum atomic E-state index is 12.1. The van der Waals surface area contributed by atoms with E-state index in [2.05, 4.69) is 0 Å². The summed E-state index contributed by atoms with van der Waals surface area (Å²) in [5, 5.41) is 11.0. The van der Waals surface area contributed by atoms with Crippen molar-refractivity contribution in [2.45, 2.75) is 17.2 Å². The lowest BCUT2D eigenvalue weighted by molar-refractivity contribution is -0.385. The minimum absolute atomic E-state index is 0.00193. The van der Waals surface area contributed by atoms with E-state index < -0.39 is 14.8 Å². The number of rotatable bonds is 5. The summed E-state index contributed by atoms with van der Waals surface area (Å²) in [5.41, 5.74) is 1.46. The third-order valence-corrected chi connectivity index (χ3v) is 5.80. The molecule has 138 valence electrons. The van der Waals surface area contributed by atoms with E-state index in [1.807, 2.05) is 29.2 Å². The summed E-state index contributed by atoms with van der Waals surface area (Å²) in [7, 11) is -1.96. The molecule has 0 radical (unpaired) electrons. The number of nitro benzene ring substituents is 1. The van der Waals surface area contributed by atoms with Crippen molar-refractivity contribution in [3.8, 4) is 5.75 Å². The molecular formula is C18H20N2O5S. The number of nitrogens with zero attached hydrogens (tertiary/aromatic N) is 2. The number of hydrogen-bond donors (Lipinski definition) is 0. The van der Waals surface area contributed by atoms with Gasteiger partial charge in [-0.25, -0.2) is 8.42 Å². The van der Waals surface area contributed by atoms with Crippen molar-refractivity contribution in [2.24, 2.45) is 0 Å². The molecule has 0 amide bonds. The van der Waals surface area contributed by atoms with E-state index in [0.29, 0.717) is 18.8 Å². The Bertz CT molecular complexity index is 925. The molecule has 7 nitrogen and oxygen atoms in total. The molecule has 0 aromatic heterocycles. The van der Waals surface area contributed by atoms with Gasteiger partial charge in [0.1, 0.15) is 5.75 Å². The normalized spacial score (nSPS) is 17.3. The average Bonchev–Trinajstić information content (AvgIpc) is 3.10. The molecule has 2 aromatic rings. The fourth-order valence-corrected chi connectivity index (χ4v) is 4.21. The van der Waals surface area contributed by atoms with E-state index in [-0.39, 0.29) is 16.5 Å². The van der Waals surface area contributed by atoms with Crippen LogP contribution in [0.5, 0.6) is 5.75 Å². The van der Waals surface area contributed by atoms with Crippen LogP contribution in [-0.4, -0.2) is 39.8 Å². The first kappa shape index (κ1) is 18.2. The monoisotopic (exact) mass is 376 g/mol. The molecule has 1 unspecified atom stereocenters. The zero-order chi connectivity index (χ0) is 18.9. The smallest absolute Gasteiger partial charge is 0.270 e. The lowest BCUT2D eigenvalue weighted by Crippen LogP contribution is -2.21. The second kappa shape index (κ2) is 6.95. The third kappa shape index (κ3) is 3.65. The molecule has 1 aliphatic heterocycles. The second-order valence-electron chi connectivity index (χ2n) is 6.39. The highest BCUT2D eigenvalue weighted by Gasteiger charge is 2.28. The van der Waals surface area contributed by atoms with Crippen molar-refractivity contribution >= 4 is 21.2 Å². The van der Waals surface area contributed by atoms with Gasteiger partial charge in [0.2, 0.25) is 0 Å². The summed E-state index contributed by atoms with van der Waals surface area (Å²) >= 11 is 0. The van der Waals surface area contributed by atoms with Gasteiger partial charge in [0.05, 0.1) is 22.6 Å². The van der Waals surface area contributed by atoms with E-state index in [1.165, 1.54) is 12.1 Å². The minimum atomic E-state index is -3.58. The molecule has 0 saturated carbocycles. The standard InChI is InChI=1S/C18H20N2O5S/c1-25-16-6-3-13(4-7-16)14-9-10-19(12-14)17-8-5-15(20(21)22)11-18(17)26(2,23)24/h3-8,11,14H,9-10,12H2,1-2H3. The summed E-state index contributed by atoms with van der Waals surface area (Å²) < 4.78 is 29.5. The molecular weight excluding hydrogens is 356 g/mol. The van der Waals surface area contributed by atoms with Gasteiger partial charge in [-0.05, 0) is 30.2 Å². The zero-order valence-corrected chi connectivity index (χ0v) is 15.4. The molecule has 1 heterocycles. The third-order valence-electron chi connectivity index (χ3n) is 4.67. The van der Waals surface area contributed by atoms with Crippen LogP contribution in [0.3, 0.4) is 0 Å². The van der Waals surface area contributed by atoms with E-state index in [1.54, 1.807) is 7.11 Å². The number of ether oxygens (including phenoxy) is 1. The molecule has 1 fully saturated rings. The topological polar surface area (TPSA) is 89.8 Å². The number of hydrogen-bond acceptors (Lipinski definition) is 6. The van der Waals surface area contributed by atoms with Crippen molar-refractivity contribution in [1.82, 2.24) is 0 Å². The summed E-state index contributed by atoms with van der Waals surface area (Å²) in [6.45, 7) is 1.35. The first-order chi connectivity index (χ1) is 12.3. The van der Waals surface area contributed by atoms with Gasteiger partial charge in [0.15, 0.2) is 9.84 Å². The first-order valence-corrected chi connectivity index (χ1v) is 10.1. The van der Waals surface area contributed by atoms with Crippen molar-refractivity contribution in [2.75, 3.05) is 31.4 Å². The van der Waals surface area contributed by atoms with Gasteiger partial charge >= 0.3 is 0 Å². The number of benzene rings is 2. The van der Waals surface area contributed by atoms with Gasteiger partial charge in [0, 0.05) is 37.4 Å². The molecule has 2 aromatic carbocycles. The molecule has 0 spiro atoms. The predicted octanol–water partition coefficient (Wildman–Crippen LogP) is 3.00. The molecule has 0 N–H and O–H groups in total. The van der Waals surface area contributed by atoms with Crippen LogP contribution in [0.2, 0.25) is 0 Å². The van der Waals surface area contributed by atoms with Crippen LogP contribution in [-0.2, 0) is 9.84 Å². The van der Waals surface area contributed by atoms with Crippen LogP contribution >= 0.6 is 0 Å². The Morgan fingerprint density at radius 2 is 1.88 bits per heavy atom. The maximum absolute atomic E-state index is 12.1. The summed E-state index contributed by atoms with van der Waals surface area (Å²) in [6, 6.07) is 11.9. The number of non-ortho nitro benzene ring substituents is 1. The highest BCUT2D eigenvalue weighted by atomic mass is 32.2. The fraction of sp³-hybridized carbons (Fsp3) is 0.333. The molecule has 0 bridgehead atoms. The maximum Gasteiger partial charge on any atom is 0.270 e. The number of methoxy groups -OCH3 is 1. The average molecular weight is 376 g/mol. The van der Waals surface area contributed by atoms with Gasteiger partial charge < -0.3 is 9.64 Å². The van der Waals surface area contributed by atoms with Gasteiger partial charge in [-0.2, -0.15) is 0 Å². The number of anilines is 1. The van der Waals surface area contributed by atoms with Crippen LogP contribution in [0.25, 0.3) is 0 Å². The van der Waals surface area contributed by atoms with Crippen LogP contribution < -0.4 is 9.64 Å². The zero-order valence-electron chi connectivity index (χ0n) is 14.6. The predicted molar refractivity (Wildman–Crippen MR) is 98.8 cm³/mol. The summed E-state index contributed by atoms with van der Waals surface area (Å²) in [5.74, 6) is 1.06. The Labute approximate surface area is 152 Å². The number of sulfone groups is 1. The van der Waals surface area contributed by atoms with Gasteiger partial charge in [-0.3, -0.25) is 10.1 Å². The second-order valence-corrected chi connectivity index (χ2v) is 8.37. The van der Waals surface area contributed by atoms with Crippen LogP contribution in [0.4, 0.5) is 11.4 Å². The lowest BCUT2D eigenvalue weighted by Gasteiger charge is -2.21. The molecule has 1 atom stereocenters. The van der Waals surface area contributed by atoms with Crippen molar-refractivity contribution < 1.29 is 18.1 Å². The van der Waals surface area contributed by atoms with Crippen molar-refractivity contribution in [3.63, 3.8) is 0 Å². The molecule has 26 heavy (non-hydrogen) atoms. The summed E-state index contributed by atoms with van der Waals surface area (Å²) in [6.07, 6.45) is 1.96. The SMILES string of the molecule is COc1ccc(C2CCN(c3ccc([N+](=O)[O-])cc3S(C)(=O)=O)C2)cc1. The molecule has 1 aliphatic rings. The van der Waals surface area contributed by atoms with E-state index in [0.717, 1.165) is 30.1 Å². The van der Waals surface area contributed by atoms with Crippen molar-refractivity contribution in [1.29, 1.82) is 0 Å². The molecule has 3 rings (SSSR count). The van der Waals surface area contributed by atoms with Gasteiger partial charge in [-0.1, -0.05) is 12.1 Å². The Hall–Kier alpha value is -2.61. The highest BCUT2D eigenvalue weighted by Crippen LogP contribution is 2.36. The van der Waals surface area contributed by atoms with Gasteiger partial charge in [-0.15, -0.1) is 0 Å².